The molecule has 1 fully saturated rings. The van der Waals surface area contributed by atoms with E-state index in [4.69, 9.17) is 0 Å². The number of aryl methyl sites for hydroxylation is 1. The summed E-state index contributed by atoms with van der Waals surface area (Å²) in [6.07, 6.45) is 0. The highest BCUT2D eigenvalue weighted by Gasteiger charge is 2.30. The van der Waals surface area contributed by atoms with Crippen LogP contribution in [0.2, 0.25) is 0 Å². The van der Waals surface area contributed by atoms with Crippen molar-refractivity contribution in [3.63, 3.8) is 0 Å². The normalized spacial score (nSPS) is 17.4. The number of phenolic OH excluding ortho intramolecular Hbond substituents is 1. The molecule has 0 unspecified atom stereocenters. The minimum atomic E-state index is -0.706. The quantitative estimate of drug-likeness (QED) is 0.875. The summed E-state index contributed by atoms with van der Waals surface area (Å²) in [7, 11) is -0.706. The summed E-state index contributed by atoms with van der Waals surface area (Å²) >= 11 is 0. The number of nitrogens with zero attached hydrogens (tertiary/aromatic N) is 1. The lowest BCUT2D eigenvalue weighted by Crippen LogP contribution is -2.55. The van der Waals surface area contributed by atoms with E-state index < -0.39 is 10.8 Å². The second-order valence-electron chi connectivity index (χ2n) is 6.35. The van der Waals surface area contributed by atoms with Gasteiger partial charge in [0.05, 0.1) is 5.56 Å². The van der Waals surface area contributed by atoms with Gasteiger partial charge < -0.3 is 10.4 Å². The van der Waals surface area contributed by atoms with Crippen LogP contribution < -0.4 is 5.32 Å². The second kappa shape index (κ2) is 6.79. The monoisotopic (exact) mass is 324 g/mol. The summed E-state index contributed by atoms with van der Waals surface area (Å²) in [5.41, 5.74) is 1.02. The molecule has 1 saturated heterocycles. The van der Waals surface area contributed by atoms with E-state index >= 15 is 0 Å². The molecule has 0 radical (unpaired) electrons. The lowest BCUT2D eigenvalue weighted by molar-refractivity contribution is 0.0880. The SMILES string of the molecule is Cc1ccc(O)c(C(=O)NCC(C)(C)N2CCS(=O)CC2)c1. The molecule has 0 bridgehead atoms. The summed E-state index contributed by atoms with van der Waals surface area (Å²) in [4.78, 5) is 14.5. The van der Waals surface area contributed by atoms with Crippen LogP contribution in [0.4, 0.5) is 0 Å². The number of amides is 1. The number of aromatic hydroxyl groups is 1. The van der Waals surface area contributed by atoms with E-state index in [9.17, 15) is 14.1 Å². The number of phenols is 1. The lowest BCUT2D eigenvalue weighted by Gasteiger charge is -2.40. The van der Waals surface area contributed by atoms with Gasteiger partial charge in [-0.25, -0.2) is 0 Å². The Morgan fingerprint density at radius 2 is 2.00 bits per heavy atom. The third-order valence-electron chi connectivity index (χ3n) is 4.11. The smallest absolute Gasteiger partial charge is 0.255 e. The zero-order valence-electron chi connectivity index (χ0n) is 13.4. The van der Waals surface area contributed by atoms with Gasteiger partial charge in [-0.1, -0.05) is 11.6 Å². The van der Waals surface area contributed by atoms with Crippen molar-refractivity contribution in [3.8, 4) is 5.75 Å². The van der Waals surface area contributed by atoms with Crippen molar-refractivity contribution < 1.29 is 14.1 Å². The van der Waals surface area contributed by atoms with Gasteiger partial charge in [0.1, 0.15) is 5.75 Å². The molecular weight excluding hydrogens is 300 g/mol. The molecule has 1 heterocycles. The van der Waals surface area contributed by atoms with Crippen LogP contribution >= 0.6 is 0 Å². The van der Waals surface area contributed by atoms with E-state index in [1.165, 1.54) is 6.07 Å². The van der Waals surface area contributed by atoms with Crippen LogP contribution in [0.5, 0.6) is 5.75 Å². The van der Waals surface area contributed by atoms with Gasteiger partial charge in [0.15, 0.2) is 0 Å². The number of nitrogens with one attached hydrogen (secondary N) is 1. The number of carbonyl (C=O) groups is 1. The van der Waals surface area contributed by atoms with Gasteiger partial charge in [0.25, 0.3) is 5.91 Å². The highest BCUT2D eigenvalue weighted by Crippen LogP contribution is 2.19. The lowest BCUT2D eigenvalue weighted by atomic mass is 10.0. The van der Waals surface area contributed by atoms with Gasteiger partial charge in [-0.05, 0) is 32.9 Å². The molecule has 0 saturated carbocycles. The second-order valence-corrected chi connectivity index (χ2v) is 8.05. The minimum Gasteiger partial charge on any atom is -0.507 e. The number of hydrogen-bond acceptors (Lipinski definition) is 4. The minimum absolute atomic E-state index is 0.00530. The predicted octanol–water partition coefficient (Wildman–Crippen LogP) is 1.27. The Kier molecular flexibility index (Phi) is 5.24. The largest absolute Gasteiger partial charge is 0.507 e. The zero-order chi connectivity index (χ0) is 16.3. The maximum absolute atomic E-state index is 12.3. The average molecular weight is 324 g/mol. The molecule has 0 spiro atoms. The Balaban J connectivity index is 1.97. The molecular formula is C16H24N2O3S. The highest BCUT2D eigenvalue weighted by molar-refractivity contribution is 7.85. The molecule has 1 aromatic carbocycles. The predicted molar refractivity (Wildman–Crippen MR) is 88.7 cm³/mol. The summed E-state index contributed by atoms with van der Waals surface area (Å²) in [6.45, 7) is 8.06. The molecule has 122 valence electrons. The molecule has 5 nitrogen and oxygen atoms in total. The fraction of sp³-hybridized carbons (Fsp3) is 0.562. The molecule has 1 aliphatic rings. The van der Waals surface area contributed by atoms with E-state index in [2.05, 4.69) is 24.1 Å². The van der Waals surface area contributed by atoms with Crippen LogP contribution in [-0.4, -0.2) is 56.8 Å². The van der Waals surface area contributed by atoms with Crippen molar-refractivity contribution in [2.24, 2.45) is 0 Å². The van der Waals surface area contributed by atoms with E-state index in [0.29, 0.717) is 23.6 Å². The Labute approximate surface area is 134 Å². The molecule has 1 aromatic rings. The fourth-order valence-corrected chi connectivity index (χ4v) is 3.63. The van der Waals surface area contributed by atoms with E-state index in [-0.39, 0.29) is 17.2 Å². The standard InChI is InChI=1S/C16H24N2O3S/c1-12-4-5-14(19)13(10-12)15(20)17-11-16(2,3)18-6-8-22(21)9-7-18/h4-5,10,19H,6-9,11H2,1-3H3,(H,17,20). The average Bonchev–Trinajstić information content (AvgIpc) is 2.48. The number of benzene rings is 1. The van der Waals surface area contributed by atoms with E-state index in [1.54, 1.807) is 12.1 Å². The molecule has 1 aliphatic heterocycles. The van der Waals surface area contributed by atoms with Crippen LogP contribution in [0.25, 0.3) is 0 Å². The van der Waals surface area contributed by atoms with Crippen molar-refractivity contribution in [2.75, 3.05) is 31.1 Å². The van der Waals surface area contributed by atoms with Gasteiger partial charge in [-0.15, -0.1) is 0 Å². The fourth-order valence-electron chi connectivity index (χ4n) is 2.58. The Morgan fingerprint density at radius 1 is 1.36 bits per heavy atom. The molecule has 0 atom stereocenters. The van der Waals surface area contributed by atoms with E-state index in [1.807, 2.05) is 6.92 Å². The molecule has 0 aliphatic carbocycles. The summed E-state index contributed by atoms with van der Waals surface area (Å²) < 4.78 is 11.4. The topological polar surface area (TPSA) is 69.6 Å². The van der Waals surface area contributed by atoms with Crippen LogP contribution in [0.15, 0.2) is 18.2 Å². The van der Waals surface area contributed by atoms with Crippen LogP contribution in [0, 0.1) is 6.92 Å². The van der Waals surface area contributed by atoms with E-state index in [0.717, 1.165) is 18.7 Å². The molecule has 1 amide bonds. The Bertz CT molecular complexity index is 577. The van der Waals surface area contributed by atoms with Crippen molar-refractivity contribution in [2.45, 2.75) is 26.3 Å². The highest BCUT2D eigenvalue weighted by atomic mass is 32.2. The van der Waals surface area contributed by atoms with Crippen LogP contribution in [0.1, 0.15) is 29.8 Å². The summed E-state index contributed by atoms with van der Waals surface area (Å²) in [5.74, 6) is 1.11. The van der Waals surface area contributed by atoms with Crippen LogP contribution in [0.3, 0.4) is 0 Å². The third kappa shape index (κ3) is 4.08. The first-order chi connectivity index (χ1) is 10.3. The first kappa shape index (κ1) is 17.0. The Morgan fingerprint density at radius 3 is 2.64 bits per heavy atom. The first-order valence-electron chi connectivity index (χ1n) is 7.47. The van der Waals surface area contributed by atoms with Gasteiger partial charge in [0, 0.05) is 47.5 Å². The Hall–Kier alpha value is -1.40. The van der Waals surface area contributed by atoms with Gasteiger partial charge in [-0.2, -0.15) is 0 Å². The van der Waals surface area contributed by atoms with Crippen molar-refractivity contribution >= 4 is 16.7 Å². The maximum atomic E-state index is 12.3. The third-order valence-corrected chi connectivity index (χ3v) is 5.39. The van der Waals surface area contributed by atoms with Gasteiger partial charge in [-0.3, -0.25) is 13.9 Å². The maximum Gasteiger partial charge on any atom is 0.255 e. The first-order valence-corrected chi connectivity index (χ1v) is 8.96. The van der Waals surface area contributed by atoms with Crippen LogP contribution in [-0.2, 0) is 10.8 Å². The van der Waals surface area contributed by atoms with Gasteiger partial charge >= 0.3 is 0 Å². The summed E-state index contributed by atoms with van der Waals surface area (Å²) in [5, 5.41) is 12.7. The van der Waals surface area contributed by atoms with Crippen molar-refractivity contribution in [3.05, 3.63) is 29.3 Å². The van der Waals surface area contributed by atoms with Crippen molar-refractivity contribution in [1.29, 1.82) is 0 Å². The number of carbonyl (C=O) groups excluding carboxylic acids is 1. The van der Waals surface area contributed by atoms with Crippen molar-refractivity contribution in [1.82, 2.24) is 10.2 Å². The molecule has 6 heteroatoms. The number of hydrogen-bond donors (Lipinski definition) is 2. The molecule has 22 heavy (non-hydrogen) atoms. The molecule has 2 N–H and O–H groups in total. The zero-order valence-corrected chi connectivity index (χ0v) is 14.2. The molecule has 0 aromatic heterocycles. The van der Waals surface area contributed by atoms with Gasteiger partial charge in [0.2, 0.25) is 0 Å². The molecule has 2 rings (SSSR count). The number of rotatable bonds is 4. The summed E-state index contributed by atoms with van der Waals surface area (Å²) in [6, 6.07) is 4.99.